The van der Waals surface area contributed by atoms with Gasteiger partial charge in [0.15, 0.2) is 0 Å². The van der Waals surface area contributed by atoms with E-state index in [2.05, 4.69) is 16.8 Å². The van der Waals surface area contributed by atoms with Crippen molar-refractivity contribution in [3.63, 3.8) is 0 Å². The van der Waals surface area contributed by atoms with Crippen LogP contribution >= 0.6 is 0 Å². The summed E-state index contributed by atoms with van der Waals surface area (Å²) in [5, 5.41) is 18.8. The van der Waals surface area contributed by atoms with Crippen LogP contribution in [0.2, 0.25) is 0 Å². The van der Waals surface area contributed by atoms with Crippen molar-refractivity contribution in [2.45, 2.75) is 57.1 Å². The number of hydrogen-bond donors (Lipinski definition) is 2. The molecule has 0 aromatic carbocycles. The van der Waals surface area contributed by atoms with Gasteiger partial charge in [-0.15, -0.1) is 5.92 Å². The molecule has 1 unspecified atom stereocenters. The fourth-order valence-corrected chi connectivity index (χ4v) is 3.03. The lowest BCUT2D eigenvalue weighted by Gasteiger charge is -2.32. The third-order valence-electron chi connectivity index (χ3n) is 4.52. The fourth-order valence-electron chi connectivity index (χ4n) is 3.03. The Balaban J connectivity index is 1.90. The number of pyridine rings is 1. The highest BCUT2D eigenvalue weighted by Crippen LogP contribution is 2.19. The Morgan fingerprint density at radius 1 is 1.46 bits per heavy atom. The van der Waals surface area contributed by atoms with Gasteiger partial charge in [-0.25, -0.2) is 4.39 Å². The van der Waals surface area contributed by atoms with Gasteiger partial charge in [0.2, 0.25) is 5.91 Å². The molecule has 1 aliphatic rings. The maximum Gasteiger partial charge on any atom is 0.303 e. The van der Waals surface area contributed by atoms with Crippen molar-refractivity contribution in [1.29, 1.82) is 0 Å². The van der Waals surface area contributed by atoms with E-state index in [1.165, 1.54) is 12.3 Å². The normalized spacial score (nSPS) is 18.0. The van der Waals surface area contributed by atoms with Crippen molar-refractivity contribution in [3.05, 3.63) is 42.0 Å². The maximum atomic E-state index is 13.6. The summed E-state index contributed by atoms with van der Waals surface area (Å²) in [5.74, 6) is 4.55. The molecule has 1 amide bonds. The Hall–Kier alpha value is -2.72. The number of aliphatic carboxylic acids is 1. The number of aliphatic hydroxyl groups is 1. The minimum atomic E-state index is -0.863. The number of unbranched alkanes of at least 4 members (excludes halogenated alkanes) is 1. The van der Waals surface area contributed by atoms with Crippen LogP contribution in [-0.2, 0) is 16.0 Å². The zero-order valence-electron chi connectivity index (χ0n) is 15.7. The average Bonchev–Trinajstić information content (AvgIpc) is 2.66. The molecule has 1 fully saturated rings. The van der Waals surface area contributed by atoms with Crippen molar-refractivity contribution in [2.75, 3.05) is 6.54 Å². The molecule has 0 saturated carbocycles. The number of carbonyl (C=O) groups is 2. The summed E-state index contributed by atoms with van der Waals surface area (Å²) in [6.45, 7) is 0.274. The van der Waals surface area contributed by atoms with Crippen LogP contribution in [0.1, 0.15) is 44.1 Å². The van der Waals surface area contributed by atoms with E-state index in [4.69, 9.17) is 5.11 Å². The maximum absolute atomic E-state index is 13.6. The molecule has 0 radical (unpaired) electrons. The second-order valence-corrected chi connectivity index (χ2v) is 6.71. The lowest BCUT2D eigenvalue weighted by molar-refractivity contribution is -0.137. The Kier molecular flexibility index (Phi) is 8.63. The number of piperidine rings is 1. The van der Waals surface area contributed by atoms with E-state index in [0.717, 1.165) is 19.0 Å². The smallest absolute Gasteiger partial charge is 0.303 e. The molecule has 1 aromatic rings. The number of likely N-dealkylation sites (tertiary alicyclic amines) is 1. The molecule has 0 aliphatic carbocycles. The summed E-state index contributed by atoms with van der Waals surface area (Å²) in [4.78, 5) is 28.1. The lowest BCUT2D eigenvalue weighted by Crippen LogP contribution is -2.42. The number of carboxylic acid groups (broad SMARTS) is 1. The molecule has 2 heterocycles. The van der Waals surface area contributed by atoms with E-state index in [0.29, 0.717) is 24.8 Å². The summed E-state index contributed by atoms with van der Waals surface area (Å²) >= 11 is 0. The standard InChI is InChI=1S/C21H25FN2O4/c22-19-15-23-12-11-16(19)14-18(25)10-9-17-6-5-7-20(26)24(17)13-4-2-1-3-8-21(27)28/h9-12,15,17-18,25H,1,3,5-8,13-14H2,(H,27,28)/b10-9+/t17-,18?/m1/s1. The second-order valence-electron chi connectivity index (χ2n) is 6.71. The number of aliphatic hydroxyl groups excluding tert-OH is 1. The quantitative estimate of drug-likeness (QED) is 0.405. The number of rotatable bonds is 8. The van der Waals surface area contributed by atoms with E-state index in [1.807, 2.05) is 0 Å². The van der Waals surface area contributed by atoms with Gasteiger partial charge in [-0.1, -0.05) is 18.1 Å². The minimum absolute atomic E-state index is 0.00963. The summed E-state index contributed by atoms with van der Waals surface area (Å²) in [6.07, 6.45) is 8.30. The molecule has 28 heavy (non-hydrogen) atoms. The SMILES string of the molecule is O=C(O)CCCC#CCN1C(=O)CCC[C@@H]1/C=C/C(O)Cc1ccncc1F. The molecule has 6 nitrogen and oxygen atoms in total. The first-order valence-electron chi connectivity index (χ1n) is 9.39. The zero-order chi connectivity index (χ0) is 20.4. The molecule has 1 aromatic heterocycles. The van der Waals surface area contributed by atoms with Gasteiger partial charge in [-0.3, -0.25) is 14.6 Å². The van der Waals surface area contributed by atoms with Crippen LogP contribution in [-0.4, -0.2) is 50.7 Å². The van der Waals surface area contributed by atoms with Gasteiger partial charge in [0.25, 0.3) is 0 Å². The van der Waals surface area contributed by atoms with Crippen LogP contribution in [0, 0.1) is 17.7 Å². The highest BCUT2D eigenvalue weighted by atomic mass is 19.1. The van der Waals surface area contributed by atoms with E-state index >= 15 is 0 Å². The molecular formula is C21H25FN2O4. The van der Waals surface area contributed by atoms with Gasteiger partial charge in [0, 0.05) is 31.9 Å². The monoisotopic (exact) mass is 388 g/mol. The highest BCUT2D eigenvalue weighted by molar-refractivity contribution is 5.78. The molecule has 1 aliphatic heterocycles. The number of carboxylic acids is 1. The van der Waals surface area contributed by atoms with E-state index in [-0.39, 0.29) is 31.3 Å². The van der Waals surface area contributed by atoms with Crippen molar-refractivity contribution in [1.82, 2.24) is 9.88 Å². The van der Waals surface area contributed by atoms with Gasteiger partial charge in [0.1, 0.15) is 5.82 Å². The van der Waals surface area contributed by atoms with E-state index in [1.54, 1.807) is 17.1 Å². The van der Waals surface area contributed by atoms with Crippen molar-refractivity contribution in [3.8, 4) is 11.8 Å². The summed E-state index contributed by atoms with van der Waals surface area (Å²) in [6, 6.07) is 1.37. The number of aromatic nitrogens is 1. The predicted molar refractivity (Wildman–Crippen MR) is 102 cm³/mol. The Labute approximate surface area is 164 Å². The molecule has 2 rings (SSSR count). The van der Waals surface area contributed by atoms with Crippen molar-refractivity contribution in [2.24, 2.45) is 0 Å². The first kappa shape index (κ1) is 21.6. The van der Waals surface area contributed by atoms with Crippen molar-refractivity contribution >= 4 is 11.9 Å². The van der Waals surface area contributed by atoms with Crippen LogP contribution in [0.15, 0.2) is 30.6 Å². The molecule has 2 atom stereocenters. The number of amides is 1. The van der Waals surface area contributed by atoms with Crippen LogP contribution in [0.3, 0.4) is 0 Å². The summed E-state index contributed by atoms with van der Waals surface area (Å²) in [5.41, 5.74) is 0.385. The molecule has 0 spiro atoms. The van der Waals surface area contributed by atoms with Crippen LogP contribution < -0.4 is 0 Å². The third-order valence-corrected chi connectivity index (χ3v) is 4.52. The molecule has 1 saturated heterocycles. The number of carbonyl (C=O) groups excluding carboxylic acids is 1. The first-order chi connectivity index (χ1) is 13.5. The fraction of sp³-hybridized carbons (Fsp3) is 0.476. The lowest BCUT2D eigenvalue weighted by atomic mass is 9.99. The first-order valence-corrected chi connectivity index (χ1v) is 9.39. The number of nitrogens with zero attached hydrogens (tertiary/aromatic N) is 2. The third kappa shape index (κ3) is 7.12. The summed E-state index contributed by atoms with van der Waals surface area (Å²) < 4.78 is 13.6. The molecule has 150 valence electrons. The van der Waals surface area contributed by atoms with E-state index < -0.39 is 17.9 Å². The number of hydrogen-bond acceptors (Lipinski definition) is 4. The number of halogens is 1. The van der Waals surface area contributed by atoms with Gasteiger partial charge in [0.05, 0.1) is 24.9 Å². The van der Waals surface area contributed by atoms with E-state index in [9.17, 15) is 19.1 Å². The second kappa shape index (κ2) is 11.2. The highest BCUT2D eigenvalue weighted by Gasteiger charge is 2.25. The van der Waals surface area contributed by atoms with Gasteiger partial charge >= 0.3 is 5.97 Å². The molecule has 7 heteroatoms. The molecule has 2 N–H and O–H groups in total. The summed E-state index contributed by atoms with van der Waals surface area (Å²) in [7, 11) is 0. The Morgan fingerprint density at radius 3 is 3.04 bits per heavy atom. The Bertz CT molecular complexity index is 769. The van der Waals surface area contributed by atoms with Crippen LogP contribution in [0.5, 0.6) is 0 Å². The van der Waals surface area contributed by atoms with Gasteiger partial charge in [-0.2, -0.15) is 0 Å². The average molecular weight is 388 g/mol. The van der Waals surface area contributed by atoms with Gasteiger partial charge in [-0.05, 0) is 30.9 Å². The Morgan fingerprint density at radius 2 is 2.29 bits per heavy atom. The largest absolute Gasteiger partial charge is 0.481 e. The molecule has 0 bridgehead atoms. The van der Waals surface area contributed by atoms with Crippen LogP contribution in [0.25, 0.3) is 0 Å². The molecular weight excluding hydrogens is 363 g/mol. The topological polar surface area (TPSA) is 90.7 Å². The van der Waals surface area contributed by atoms with Gasteiger partial charge < -0.3 is 15.1 Å². The zero-order valence-corrected chi connectivity index (χ0v) is 15.7. The predicted octanol–water partition coefficient (Wildman–Crippen LogP) is 2.32. The van der Waals surface area contributed by atoms with Crippen molar-refractivity contribution < 1.29 is 24.2 Å². The van der Waals surface area contributed by atoms with Crippen LogP contribution in [0.4, 0.5) is 4.39 Å². The minimum Gasteiger partial charge on any atom is -0.481 e.